The smallest absolute Gasteiger partial charge is 0.242 e. The molecule has 0 saturated heterocycles. The standard InChI is InChI=1S/C15H15NO3/c1-19-14-9-7-13(8-10-14)15(16(17)18)11-12-5-3-2-4-6-12/h2-10,15H,11H2,1H3. The van der Waals surface area contributed by atoms with Gasteiger partial charge in [-0.2, -0.15) is 0 Å². The highest BCUT2D eigenvalue weighted by Gasteiger charge is 2.22. The Kier molecular flexibility index (Phi) is 4.13. The Morgan fingerprint density at radius 3 is 2.26 bits per heavy atom. The first-order valence-electron chi connectivity index (χ1n) is 6.02. The van der Waals surface area contributed by atoms with Crippen molar-refractivity contribution >= 4 is 0 Å². The molecule has 2 aromatic carbocycles. The summed E-state index contributed by atoms with van der Waals surface area (Å²) >= 11 is 0. The fourth-order valence-electron chi connectivity index (χ4n) is 1.98. The SMILES string of the molecule is COc1ccc(C(Cc2ccccc2)[N+](=O)[O-])cc1. The molecule has 0 radical (unpaired) electrons. The van der Waals surface area contributed by atoms with E-state index in [0.29, 0.717) is 17.7 Å². The van der Waals surface area contributed by atoms with Gasteiger partial charge in [-0.05, 0) is 29.8 Å². The number of methoxy groups -OCH3 is 1. The summed E-state index contributed by atoms with van der Waals surface area (Å²) in [6.45, 7) is 0. The summed E-state index contributed by atoms with van der Waals surface area (Å²) in [6, 6.07) is 15.7. The van der Waals surface area contributed by atoms with Crippen LogP contribution in [0.3, 0.4) is 0 Å². The first-order chi connectivity index (χ1) is 9.20. The van der Waals surface area contributed by atoms with Crippen molar-refractivity contribution in [2.45, 2.75) is 12.5 Å². The van der Waals surface area contributed by atoms with Crippen LogP contribution < -0.4 is 4.74 Å². The number of hydrogen-bond donors (Lipinski definition) is 0. The molecule has 0 spiro atoms. The van der Waals surface area contributed by atoms with Crippen molar-refractivity contribution < 1.29 is 9.66 Å². The maximum absolute atomic E-state index is 11.2. The van der Waals surface area contributed by atoms with Gasteiger partial charge in [0, 0.05) is 16.9 Å². The summed E-state index contributed by atoms with van der Waals surface area (Å²) in [4.78, 5) is 11.0. The third-order valence-electron chi connectivity index (χ3n) is 3.03. The maximum Gasteiger partial charge on any atom is 0.242 e. The van der Waals surface area contributed by atoms with Gasteiger partial charge < -0.3 is 4.74 Å². The van der Waals surface area contributed by atoms with E-state index < -0.39 is 6.04 Å². The number of nitrogens with zero attached hydrogens (tertiary/aromatic N) is 1. The third kappa shape index (κ3) is 3.31. The number of rotatable bonds is 5. The Balaban J connectivity index is 2.22. The first kappa shape index (κ1) is 13.1. The lowest BCUT2D eigenvalue weighted by atomic mass is 9.99. The summed E-state index contributed by atoms with van der Waals surface area (Å²) in [5.74, 6) is 0.700. The van der Waals surface area contributed by atoms with Gasteiger partial charge in [0.05, 0.1) is 7.11 Å². The van der Waals surface area contributed by atoms with Gasteiger partial charge in [-0.1, -0.05) is 30.3 Å². The van der Waals surface area contributed by atoms with E-state index in [1.165, 1.54) is 0 Å². The molecule has 0 fully saturated rings. The minimum absolute atomic E-state index is 0.241. The summed E-state index contributed by atoms with van der Waals surface area (Å²) in [7, 11) is 1.57. The normalized spacial score (nSPS) is 11.8. The molecule has 1 atom stereocenters. The lowest BCUT2D eigenvalue weighted by Crippen LogP contribution is -2.13. The van der Waals surface area contributed by atoms with E-state index in [9.17, 15) is 10.1 Å². The highest BCUT2D eigenvalue weighted by atomic mass is 16.6. The van der Waals surface area contributed by atoms with Crippen LogP contribution in [-0.4, -0.2) is 12.0 Å². The first-order valence-corrected chi connectivity index (χ1v) is 6.02. The molecule has 0 aromatic heterocycles. The Labute approximate surface area is 111 Å². The molecular formula is C15H15NO3. The zero-order valence-corrected chi connectivity index (χ0v) is 10.7. The van der Waals surface area contributed by atoms with E-state index in [1.54, 1.807) is 31.4 Å². The van der Waals surface area contributed by atoms with E-state index >= 15 is 0 Å². The molecule has 19 heavy (non-hydrogen) atoms. The zero-order valence-electron chi connectivity index (χ0n) is 10.7. The molecule has 98 valence electrons. The number of ether oxygens (including phenoxy) is 1. The van der Waals surface area contributed by atoms with Crippen molar-refractivity contribution in [3.05, 3.63) is 75.8 Å². The quantitative estimate of drug-likeness (QED) is 0.610. The zero-order chi connectivity index (χ0) is 13.7. The second-order valence-electron chi connectivity index (χ2n) is 4.26. The molecule has 0 bridgehead atoms. The molecule has 2 aromatic rings. The van der Waals surface area contributed by atoms with Crippen molar-refractivity contribution in [2.24, 2.45) is 0 Å². The molecule has 0 saturated carbocycles. The van der Waals surface area contributed by atoms with Crippen molar-refractivity contribution in [1.29, 1.82) is 0 Å². The van der Waals surface area contributed by atoms with Crippen molar-refractivity contribution in [2.75, 3.05) is 7.11 Å². The number of nitro groups is 1. The molecule has 0 heterocycles. The summed E-state index contributed by atoms with van der Waals surface area (Å²) < 4.78 is 5.06. The van der Waals surface area contributed by atoms with E-state index in [1.807, 2.05) is 30.3 Å². The van der Waals surface area contributed by atoms with E-state index in [-0.39, 0.29) is 4.92 Å². The highest BCUT2D eigenvalue weighted by Crippen LogP contribution is 2.23. The summed E-state index contributed by atoms with van der Waals surface area (Å²) in [5, 5.41) is 11.2. The second kappa shape index (κ2) is 6.00. The van der Waals surface area contributed by atoms with E-state index in [0.717, 1.165) is 5.56 Å². The van der Waals surface area contributed by atoms with Crippen molar-refractivity contribution in [3.8, 4) is 5.75 Å². The second-order valence-corrected chi connectivity index (χ2v) is 4.26. The largest absolute Gasteiger partial charge is 0.497 e. The van der Waals surface area contributed by atoms with Crippen LogP contribution in [0.2, 0.25) is 0 Å². The maximum atomic E-state index is 11.2. The lowest BCUT2D eigenvalue weighted by Gasteiger charge is -2.10. The van der Waals surface area contributed by atoms with Gasteiger partial charge in [0.2, 0.25) is 6.04 Å². The fraction of sp³-hybridized carbons (Fsp3) is 0.200. The summed E-state index contributed by atoms with van der Waals surface area (Å²) in [5.41, 5.74) is 1.65. The predicted octanol–water partition coefficient (Wildman–Crippen LogP) is 3.26. The van der Waals surface area contributed by atoms with Gasteiger partial charge in [0.25, 0.3) is 0 Å². The molecule has 0 N–H and O–H groups in total. The van der Waals surface area contributed by atoms with Crippen LogP contribution in [0.15, 0.2) is 54.6 Å². The minimum Gasteiger partial charge on any atom is -0.497 e. The van der Waals surface area contributed by atoms with Gasteiger partial charge in [-0.25, -0.2) is 0 Å². The van der Waals surface area contributed by atoms with Crippen molar-refractivity contribution in [3.63, 3.8) is 0 Å². The van der Waals surface area contributed by atoms with Gasteiger partial charge in [-0.15, -0.1) is 0 Å². The highest BCUT2D eigenvalue weighted by molar-refractivity contribution is 5.29. The Morgan fingerprint density at radius 2 is 1.74 bits per heavy atom. The Morgan fingerprint density at radius 1 is 1.11 bits per heavy atom. The molecule has 0 aliphatic carbocycles. The van der Waals surface area contributed by atoms with Crippen LogP contribution in [0.4, 0.5) is 0 Å². The molecule has 4 nitrogen and oxygen atoms in total. The molecule has 4 heteroatoms. The fourth-order valence-corrected chi connectivity index (χ4v) is 1.98. The van der Waals surface area contributed by atoms with Gasteiger partial charge in [-0.3, -0.25) is 10.1 Å². The van der Waals surface area contributed by atoms with Crippen LogP contribution in [0.25, 0.3) is 0 Å². The Hall–Kier alpha value is -2.36. The van der Waals surface area contributed by atoms with Crippen LogP contribution in [0.1, 0.15) is 17.2 Å². The topological polar surface area (TPSA) is 52.4 Å². The number of hydrogen-bond acceptors (Lipinski definition) is 3. The average Bonchev–Trinajstić information content (AvgIpc) is 2.46. The van der Waals surface area contributed by atoms with Gasteiger partial charge in [0.1, 0.15) is 5.75 Å². The number of benzene rings is 2. The Bertz CT molecular complexity index is 537. The minimum atomic E-state index is -0.728. The summed E-state index contributed by atoms with van der Waals surface area (Å²) in [6.07, 6.45) is 0.389. The molecule has 0 aliphatic heterocycles. The van der Waals surface area contributed by atoms with E-state index in [4.69, 9.17) is 4.74 Å². The van der Waals surface area contributed by atoms with Crippen LogP contribution in [-0.2, 0) is 6.42 Å². The van der Waals surface area contributed by atoms with Crippen LogP contribution in [0.5, 0.6) is 5.75 Å². The average molecular weight is 257 g/mol. The van der Waals surface area contributed by atoms with Gasteiger partial charge in [0.15, 0.2) is 0 Å². The molecule has 0 amide bonds. The third-order valence-corrected chi connectivity index (χ3v) is 3.03. The van der Waals surface area contributed by atoms with E-state index in [2.05, 4.69) is 0 Å². The lowest BCUT2D eigenvalue weighted by molar-refractivity contribution is -0.528. The van der Waals surface area contributed by atoms with Crippen molar-refractivity contribution in [1.82, 2.24) is 0 Å². The molecule has 1 unspecified atom stereocenters. The van der Waals surface area contributed by atoms with Gasteiger partial charge >= 0.3 is 0 Å². The molecule has 0 aliphatic rings. The molecular weight excluding hydrogens is 242 g/mol. The van der Waals surface area contributed by atoms with Crippen LogP contribution >= 0.6 is 0 Å². The monoisotopic (exact) mass is 257 g/mol. The predicted molar refractivity (Wildman–Crippen MR) is 72.9 cm³/mol. The molecule has 2 rings (SSSR count). The van der Waals surface area contributed by atoms with Crippen LogP contribution in [0, 0.1) is 10.1 Å².